The van der Waals surface area contributed by atoms with Gasteiger partial charge in [-0.15, -0.1) is 0 Å². The number of aromatic nitrogens is 2. The maximum absolute atomic E-state index is 12.0. The van der Waals surface area contributed by atoms with Crippen LogP contribution in [0, 0.1) is 5.92 Å². The first kappa shape index (κ1) is 19.4. The Hall–Kier alpha value is -2.37. The Bertz CT molecular complexity index is 706. The quantitative estimate of drug-likeness (QED) is 0.716. The second-order valence-electron chi connectivity index (χ2n) is 7.24. The molecule has 3 rings (SSSR count). The fourth-order valence-corrected chi connectivity index (χ4v) is 3.35. The van der Waals surface area contributed by atoms with Gasteiger partial charge in [-0.2, -0.15) is 4.98 Å². The molecule has 0 unspecified atom stereocenters. The molecular weight excluding hydrogens is 342 g/mol. The summed E-state index contributed by atoms with van der Waals surface area (Å²) in [7, 11) is 0. The normalized spacial score (nSPS) is 14.9. The SMILES string of the molecule is CCCCc1nc(-c2ccc(OCC(=O)NCC3CCCCC3)cc2)no1. The summed E-state index contributed by atoms with van der Waals surface area (Å²) >= 11 is 0. The van der Waals surface area contributed by atoms with Gasteiger partial charge in [0, 0.05) is 18.5 Å². The highest BCUT2D eigenvalue weighted by Gasteiger charge is 2.14. The van der Waals surface area contributed by atoms with Gasteiger partial charge in [0.25, 0.3) is 5.91 Å². The van der Waals surface area contributed by atoms with Crippen molar-refractivity contribution in [2.45, 2.75) is 58.3 Å². The number of rotatable bonds is 9. The Morgan fingerprint density at radius 1 is 1.22 bits per heavy atom. The lowest BCUT2D eigenvalue weighted by Gasteiger charge is -2.21. The zero-order chi connectivity index (χ0) is 18.9. The van der Waals surface area contributed by atoms with Crippen LogP contribution in [0.3, 0.4) is 0 Å². The summed E-state index contributed by atoms with van der Waals surface area (Å²) in [4.78, 5) is 16.4. The molecule has 2 aromatic rings. The molecule has 6 nitrogen and oxygen atoms in total. The topological polar surface area (TPSA) is 77.2 Å². The third kappa shape index (κ3) is 6.08. The van der Waals surface area contributed by atoms with E-state index >= 15 is 0 Å². The lowest BCUT2D eigenvalue weighted by Crippen LogP contribution is -2.33. The van der Waals surface area contributed by atoms with Crippen LogP contribution in [0.25, 0.3) is 11.4 Å². The maximum atomic E-state index is 12.0. The molecule has 27 heavy (non-hydrogen) atoms. The first-order valence-electron chi connectivity index (χ1n) is 10.1. The Morgan fingerprint density at radius 3 is 2.74 bits per heavy atom. The van der Waals surface area contributed by atoms with Gasteiger partial charge in [0.05, 0.1) is 0 Å². The third-order valence-corrected chi connectivity index (χ3v) is 5.01. The van der Waals surface area contributed by atoms with Gasteiger partial charge in [-0.05, 0) is 49.4 Å². The lowest BCUT2D eigenvalue weighted by atomic mass is 9.89. The molecule has 1 fully saturated rings. The van der Waals surface area contributed by atoms with Gasteiger partial charge in [-0.3, -0.25) is 4.79 Å². The molecular formula is C21H29N3O3. The maximum Gasteiger partial charge on any atom is 0.257 e. The zero-order valence-electron chi connectivity index (χ0n) is 16.1. The average molecular weight is 371 g/mol. The number of carbonyl (C=O) groups excluding carboxylic acids is 1. The molecule has 1 aliphatic rings. The van der Waals surface area contributed by atoms with E-state index in [0.29, 0.717) is 23.4 Å². The number of hydrogen-bond acceptors (Lipinski definition) is 5. The van der Waals surface area contributed by atoms with Crippen molar-refractivity contribution in [1.82, 2.24) is 15.5 Å². The average Bonchev–Trinajstić information content (AvgIpc) is 3.19. The third-order valence-electron chi connectivity index (χ3n) is 5.01. The first-order valence-corrected chi connectivity index (χ1v) is 10.1. The standard InChI is InChI=1S/C21H29N3O3/c1-2-3-9-20-23-21(24-27-20)17-10-12-18(13-11-17)26-15-19(25)22-14-16-7-5-4-6-8-16/h10-13,16H,2-9,14-15H2,1H3,(H,22,25). The van der Waals surface area contributed by atoms with Crippen LogP contribution in [0.5, 0.6) is 5.75 Å². The second kappa shape index (κ2) is 10.1. The predicted molar refractivity (Wildman–Crippen MR) is 103 cm³/mol. The van der Waals surface area contributed by atoms with E-state index in [1.54, 1.807) is 0 Å². The van der Waals surface area contributed by atoms with Crippen molar-refractivity contribution in [2.75, 3.05) is 13.2 Å². The van der Waals surface area contributed by atoms with Crippen LogP contribution in [-0.2, 0) is 11.2 Å². The van der Waals surface area contributed by atoms with Crippen molar-refractivity contribution in [3.8, 4) is 17.1 Å². The summed E-state index contributed by atoms with van der Waals surface area (Å²) < 4.78 is 10.8. The van der Waals surface area contributed by atoms with Crippen LogP contribution in [-0.4, -0.2) is 29.2 Å². The van der Waals surface area contributed by atoms with Crippen molar-refractivity contribution >= 4 is 5.91 Å². The van der Waals surface area contributed by atoms with Crippen LogP contribution >= 0.6 is 0 Å². The van der Waals surface area contributed by atoms with Gasteiger partial charge in [0.15, 0.2) is 6.61 Å². The lowest BCUT2D eigenvalue weighted by molar-refractivity contribution is -0.123. The number of amides is 1. The highest BCUT2D eigenvalue weighted by Crippen LogP contribution is 2.23. The number of aryl methyl sites for hydroxylation is 1. The highest BCUT2D eigenvalue weighted by atomic mass is 16.5. The molecule has 1 N–H and O–H groups in total. The van der Waals surface area contributed by atoms with Crippen molar-refractivity contribution in [3.63, 3.8) is 0 Å². The molecule has 0 saturated heterocycles. The molecule has 1 heterocycles. The number of nitrogens with one attached hydrogen (secondary N) is 1. The number of nitrogens with zero attached hydrogens (tertiary/aromatic N) is 2. The van der Waals surface area contributed by atoms with E-state index in [-0.39, 0.29) is 12.5 Å². The van der Waals surface area contributed by atoms with E-state index in [0.717, 1.165) is 31.4 Å². The van der Waals surface area contributed by atoms with E-state index in [1.807, 2.05) is 24.3 Å². The van der Waals surface area contributed by atoms with Crippen LogP contribution in [0.15, 0.2) is 28.8 Å². The van der Waals surface area contributed by atoms with E-state index < -0.39 is 0 Å². The predicted octanol–water partition coefficient (Wildman–Crippen LogP) is 4.15. The van der Waals surface area contributed by atoms with Crippen molar-refractivity contribution in [1.29, 1.82) is 0 Å². The molecule has 6 heteroatoms. The van der Waals surface area contributed by atoms with E-state index in [2.05, 4.69) is 22.4 Å². The van der Waals surface area contributed by atoms with Crippen molar-refractivity contribution in [2.24, 2.45) is 5.92 Å². The second-order valence-corrected chi connectivity index (χ2v) is 7.24. The molecule has 0 bridgehead atoms. The molecule has 146 valence electrons. The number of benzene rings is 1. The number of unbranched alkanes of at least 4 members (excludes halogenated alkanes) is 1. The van der Waals surface area contributed by atoms with Crippen LogP contribution in [0.4, 0.5) is 0 Å². The Kier molecular flexibility index (Phi) is 7.25. The molecule has 1 saturated carbocycles. The fourth-order valence-electron chi connectivity index (χ4n) is 3.35. The summed E-state index contributed by atoms with van der Waals surface area (Å²) in [5.41, 5.74) is 0.871. The fraction of sp³-hybridized carbons (Fsp3) is 0.571. The molecule has 1 aromatic carbocycles. The largest absolute Gasteiger partial charge is 0.484 e. The number of hydrogen-bond donors (Lipinski definition) is 1. The minimum Gasteiger partial charge on any atom is -0.484 e. The molecule has 0 aliphatic heterocycles. The summed E-state index contributed by atoms with van der Waals surface area (Å²) in [6.07, 6.45) is 9.27. The number of ether oxygens (including phenoxy) is 1. The van der Waals surface area contributed by atoms with Crippen molar-refractivity contribution < 1.29 is 14.1 Å². The Balaban J connectivity index is 1.43. The Morgan fingerprint density at radius 2 is 2.00 bits per heavy atom. The van der Waals surface area contributed by atoms with Gasteiger partial charge in [0.1, 0.15) is 5.75 Å². The zero-order valence-corrected chi connectivity index (χ0v) is 16.1. The van der Waals surface area contributed by atoms with E-state index in [9.17, 15) is 4.79 Å². The van der Waals surface area contributed by atoms with Gasteiger partial charge < -0.3 is 14.6 Å². The minimum atomic E-state index is -0.0663. The molecule has 1 aromatic heterocycles. The summed E-state index contributed by atoms with van der Waals surface area (Å²) in [5, 5.41) is 7.00. The van der Waals surface area contributed by atoms with Gasteiger partial charge >= 0.3 is 0 Å². The smallest absolute Gasteiger partial charge is 0.257 e. The van der Waals surface area contributed by atoms with Crippen molar-refractivity contribution in [3.05, 3.63) is 30.2 Å². The molecule has 1 amide bonds. The summed E-state index contributed by atoms with van der Waals surface area (Å²) in [5.74, 6) is 2.46. The minimum absolute atomic E-state index is 0.0371. The molecule has 0 atom stereocenters. The monoisotopic (exact) mass is 371 g/mol. The van der Waals surface area contributed by atoms with Crippen LogP contribution < -0.4 is 10.1 Å². The number of carbonyl (C=O) groups is 1. The molecule has 0 spiro atoms. The van der Waals surface area contributed by atoms with Gasteiger partial charge in [-0.25, -0.2) is 0 Å². The molecule has 1 aliphatic carbocycles. The van der Waals surface area contributed by atoms with Crippen LogP contribution in [0.2, 0.25) is 0 Å². The highest BCUT2D eigenvalue weighted by molar-refractivity contribution is 5.77. The Labute approximate surface area is 160 Å². The first-order chi connectivity index (χ1) is 13.2. The van der Waals surface area contributed by atoms with Gasteiger partial charge in [-0.1, -0.05) is 37.8 Å². The summed E-state index contributed by atoms with van der Waals surface area (Å²) in [6.45, 7) is 2.93. The van der Waals surface area contributed by atoms with E-state index in [4.69, 9.17) is 9.26 Å². The summed E-state index contributed by atoms with van der Waals surface area (Å²) in [6, 6.07) is 7.41. The molecule has 0 radical (unpaired) electrons. The van der Waals surface area contributed by atoms with E-state index in [1.165, 1.54) is 32.1 Å². The van der Waals surface area contributed by atoms with Crippen LogP contribution in [0.1, 0.15) is 57.8 Å². The van der Waals surface area contributed by atoms with Gasteiger partial charge in [0.2, 0.25) is 11.7 Å².